The molecule has 1 saturated heterocycles. The molecule has 0 saturated carbocycles. The molecule has 5 heteroatoms. The fourth-order valence-corrected chi connectivity index (χ4v) is 1.68. The maximum Gasteiger partial charge on any atom is 0.186 e. The fourth-order valence-electron chi connectivity index (χ4n) is 1.68. The number of hydrogen-bond donors (Lipinski definition) is 0. The molecule has 0 aliphatic carbocycles. The third kappa shape index (κ3) is 2.24. The largest absolute Gasteiger partial charge is 0.376 e. The van der Waals surface area contributed by atoms with Crippen LogP contribution in [0.4, 0.5) is 0 Å². The Bertz CT molecular complexity index is 145. The maximum atomic E-state index is 5.41. The van der Waals surface area contributed by atoms with Gasteiger partial charge in [0.1, 0.15) is 18.3 Å². The third-order valence-corrected chi connectivity index (χ3v) is 2.46. The Morgan fingerprint density at radius 2 is 1.50 bits per heavy atom. The zero-order valence-electron chi connectivity index (χ0n) is 9.06. The highest BCUT2D eigenvalue weighted by atomic mass is 16.7. The van der Waals surface area contributed by atoms with Gasteiger partial charge in [-0.3, -0.25) is 0 Å². The van der Waals surface area contributed by atoms with Crippen LogP contribution in [0.1, 0.15) is 0 Å². The van der Waals surface area contributed by atoms with E-state index in [1.807, 2.05) is 0 Å². The van der Waals surface area contributed by atoms with Crippen molar-refractivity contribution in [3.05, 3.63) is 0 Å². The Balaban J connectivity index is 2.67. The van der Waals surface area contributed by atoms with Crippen LogP contribution in [0.15, 0.2) is 0 Å². The normalized spacial score (nSPS) is 38.6. The monoisotopic (exact) mass is 206 g/mol. The standard InChI is InChI=1S/C9H18O5/c1-10-6-5-14-9(13-4)8(12-3)7(6)11-2/h6-9H,5H2,1-4H3/t6-,7+,8+,9+/m1/s1. The SMILES string of the molecule is CO[C@H]1OC[C@@H](OC)[C@H](OC)[C@@H]1OC. The van der Waals surface area contributed by atoms with E-state index in [0.29, 0.717) is 6.61 Å². The molecule has 4 atom stereocenters. The van der Waals surface area contributed by atoms with Gasteiger partial charge in [0, 0.05) is 28.4 Å². The second-order valence-corrected chi connectivity index (χ2v) is 3.11. The van der Waals surface area contributed by atoms with Crippen LogP contribution < -0.4 is 0 Å². The van der Waals surface area contributed by atoms with Crippen LogP contribution in [0.5, 0.6) is 0 Å². The van der Waals surface area contributed by atoms with Crippen LogP contribution in [0.25, 0.3) is 0 Å². The Kier molecular flexibility index (Phi) is 4.77. The maximum absolute atomic E-state index is 5.41. The van der Waals surface area contributed by atoms with Crippen molar-refractivity contribution in [1.29, 1.82) is 0 Å². The van der Waals surface area contributed by atoms with E-state index in [4.69, 9.17) is 23.7 Å². The van der Waals surface area contributed by atoms with Crippen LogP contribution in [-0.4, -0.2) is 59.6 Å². The molecule has 14 heavy (non-hydrogen) atoms. The summed E-state index contributed by atoms with van der Waals surface area (Å²) in [5.41, 5.74) is 0. The van der Waals surface area contributed by atoms with Crippen molar-refractivity contribution >= 4 is 0 Å². The van der Waals surface area contributed by atoms with E-state index in [9.17, 15) is 0 Å². The highest BCUT2D eigenvalue weighted by molar-refractivity contribution is 4.85. The van der Waals surface area contributed by atoms with E-state index < -0.39 is 6.29 Å². The summed E-state index contributed by atoms with van der Waals surface area (Å²) in [5.74, 6) is 0. The number of rotatable bonds is 4. The highest BCUT2D eigenvalue weighted by Gasteiger charge is 2.41. The van der Waals surface area contributed by atoms with Gasteiger partial charge in [-0.2, -0.15) is 0 Å². The Labute approximate surface area is 84.2 Å². The van der Waals surface area contributed by atoms with Gasteiger partial charge >= 0.3 is 0 Å². The molecule has 0 N–H and O–H groups in total. The number of hydrogen-bond acceptors (Lipinski definition) is 5. The summed E-state index contributed by atoms with van der Waals surface area (Å²) in [6.45, 7) is 0.452. The van der Waals surface area contributed by atoms with Crippen molar-refractivity contribution in [3.8, 4) is 0 Å². The molecule has 0 spiro atoms. The highest BCUT2D eigenvalue weighted by Crippen LogP contribution is 2.22. The number of methoxy groups -OCH3 is 4. The molecular weight excluding hydrogens is 188 g/mol. The lowest BCUT2D eigenvalue weighted by atomic mass is 10.0. The predicted molar refractivity (Wildman–Crippen MR) is 49.1 cm³/mol. The Morgan fingerprint density at radius 1 is 0.857 bits per heavy atom. The summed E-state index contributed by atoms with van der Waals surface area (Å²) < 4.78 is 26.4. The van der Waals surface area contributed by atoms with Gasteiger partial charge in [-0.1, -0.05) is 0 Å². The lowest BCUT2D eigenvalue weighted by Crippen LogP contribution is -2.55. The molecule has 0 bridgehead atoms. The molecule has 0 aromatic rings. The molecule has 1 heterocycles. The quantitative estimate of drug-likeness (QED) is 0.649. The lowest BCUT2D eigenvalue weighted by molar-refractivity contribution is -0.276. The summed E-state index contributed by atoms with van der Waals surface area (Å²) >= 11 is 0. The van der Waals surface area contributed by atoms with E-state index in [1.54, 1.807) is 28.4 Å². The van der Waals surface area contributed by atoms with Gasteiger partial charge in [-0.15, -0.1) is 0 Å². The molecular formula is C9H18O5. The second-order valence-electron chi connectivity index (χ2n) is 3.11. The van der Waals surface area contributed by atoms with Gasteiger partial charge in [0.2, 0.25) is 0 Å². The van der Waals surface area contributed by atoms with E-state index in [1.165, 1.54) is 0 Å². The van der Waals surface area contributed by atoms with Crippen molar-refractivity contribution in [2.24, 2.45) is 0 Å². The summed E-state index contributed by atoms with van der Waals surface area (Å²) in [6.07, 6.45) is -0.930. The van der Waals surface area contributed by atoms with Crippen LogP contribution in [0, 0.1) is 0 Å². The molecule has 1 rings (SSSR count). The smallest absolute Gasteiger partial charge is 0.186 e. The minimum atomic E-state index is -0.392. The lowest BCUT2D eigenvalue weighted by Gasteiger charge is -2.39. The van der Waals surface area contributed by atoms with E-state index in [-0.39, 0.29) is 18.3 Å². The van der Waals surface area contributed by atoms with Crippen molar-refractivity contribution in [1.82, 2.24) is 0 Å². The molecule has 0 aromatic heterocycles. The van der Waals surface area contributed by atoms with Gasteiger partial charge in [-0.25, -0.2) is 0 Å². The first kappa shape index (κ1) is 11.9. The van der Waals surface area contributed by atoms with Crippen molar-refractivity contribution in [3.63, 3.8) is 0 Å². The van der Waals surface area contributed by atoms with Crippen molar-refractivity contribution in [2.75, 3.05) is 35.0 Å². The van der Waals surface area contributed by atoms with Gasteiger partial charge in [0.25, 0.3) is 0 Å². The molecule has 1 fully saturated rings. The third-order valence-electron chi connectivity index (χ3n) is 2.46. The average molecular weight is 206 g/mol. The summed E-state index contributed by atoms with van der Waals surface area (Å²) in [6, 6.07) is 0. The molecule has 84 valence electrons. The van der Waals surface area contributed by atoms with Gasteiger partial charge in [0.15, 0.2) is 6.29 Å². The first-order chi connectivity index (χ1) is 6.78. The zero-order valence-corrected chi connectivity index (χ0v) is 9.06. The minimum Gasteiger partial charge on any atom is -0.376 e. The molecule has 1 aliphatic heterocycles. The number of ether oxygens (including phenoxy) is 5. The van der Waals surface area contributed by atoms with Gasteiger partial charge < -0.3 is 23.7 Å². The summed E-state index contributed by atoms with van der Waals surface area (Å²) in [4.78, 5) is 0. The molecule has 0 unspecified atom stereocenters. The van der Waals surface area contributed by atoms with Crippen LogP contribution in [0.3, 0.4) is 0 Å². The first-order valence-electron chi connectivity index (χ1n) is 4.51. The summed E-state index contributed by atoms with van der Waals surface area (Å²) in [7, 11) is 6.43. The molecule has 0 radical (unpaired) electrons. The van der Waals surface area contributed by atoms with Crippen LogP contribution in [0.2, 0.25) is 0 Å². The minimum absolute atomic E-state index is 0.114. The van der Waals surface area contributed by atoms with E-state index in [0.717, 1.165) is 0 Å². The summed E-state index contributed by atoms with van der Waals surface area (Å²) in [5, 5.41) is 0. The molecule has 1 aliphatic rings. The van der Waals surface area contributed by atoms with Gasteiger partial charge in [0.05, 0.1) is 6.61 Å². The Morgan fingerprint density at radius 3 is 1.93 bits per heavy atom. The first-order valence-corrected chi connectivity index (χ1v) is 4.51. The zero-order chi connectivity index (χ0) is 10.6. The average Bonchev–Trinajstić information content (AvgIpc) is 2.26. The van der Waals surface area contributed by atoms with Crippen LogP contribution in [-0.2, 0) is 23.7 Å². The van der Waals surface area contributed by atoms with Gasteiger partial charge in [-0.05, 0) is 0 Å². The molecule has 0 amide bonds. The van der Waals surface area contributed by atoms with Crippen LogP contribution >= 0.6 is 0 Å². The Hall–Kier alpha value is -0.200. The van der Waals surface area contributed by atoms with E-state index >= 15 is 0 Å². The molecule has 5 nitrogen and oxygen atoms in total. The van der Waals surface area contributed by atoms with Crippen molar-refractivity contribution in [2.45, 2.75) is 24.6 Å². The second kappa shape index (κ2) is 5.63. The molecule has 0 aromatic carbocycles. The van der Waals surface area contributed by atoms with E-state index in [2.05, 4.69) is 0 Å². The van der Waals surface area contributed by atoms with Crippen molar-refractivity contribution < 1.29 is 23.7 Å². The topological polar surface area (TPSA) is 46.2 Å². The fraction of sp³-hybridized carbons (Fsp3) is 1.00. The predicted octanol–water partition coefficient (Wildman–Crippen LogP) is 0.0341.